The Kier molecular flexibility index (Phi) is 8.18. The monoisotopic (exact) mass is 569 g/mol. The lowest BCUT2D eigenvalue weighted by molar-refractivity contribution is 0.00490. The van der Waals surface area contributed by atoms with Gasteiger partial charge in [-0.2, -0.15) is 0 Å². The van der Waals surface area contributed by atoms with Gasteiger partial charge in [0.2, 0.25) is 0 Å². The smallest absolute Gasteiger partial charge is 0.405 e. The molecular formula is C28H39N5O4SSi. The molecule has 3 aromatic heterocycles. The molecule has 1 aliphatic heterocycles. The molecule has 1 aliphatic rings. The second-order valence-corrected chi connectivity index (χ2v) is 17.8. The Morgan fingerprint density at radius 2 is 2.03 bits per heavy atom. The number of aryl methyl sites for hydroxylation is 1. The van der Waals surface area contributed by atoms with Crippen molar-refractivity contribution in [3.63, 3.8) is 0 Å². The zero-order chi connectivity index (χ0) is 28.6. The summed E-state index contributed by atoms with van der Waals surface area (Å²) in [6.07, 6.45) is 2.44. The maximum Gasteiger partial charge on any atom is 0.405 e. The summed E-state index contributed by atoms with van der Waals surface area (Å²) in [4.78, 5) is 35.8. The number of aromatic nitrogens is 2. The van der Waals surface area contributed by atoms with Gasteiger partial charge in [-0.3, -0.25) is 9.78 Å². The van der Waals surface area contributed by atoms with E-state index in [0.29, 0.717) is 24.3 Å². The van der Waals surface area contributed by atoms with Gasteiger partial charge in [0.1, 0.15) is 11.2 Å². The molecule has 210 valence electrons. The molecule has 2 amide bonds. The van der Waals surface area contributed by atoms with Crippen molar-refractivity contribution in [2.45, 2.75) is 70.8 Å². The third kappa shape index (κ3) is 5.86. The molecule has 0 aliphatic carbocycles. The van der Waals surface area contributed by atoms with Gasteiger partial charge in [-0.1, -0.05) is 34.6 Å². The Morgan fingerprint density at radius 1 is 1.28 bits per heavy atom. The number of carboxylic acid groups (broad SMARTS) is 1. The Bertz CT molecular complexity index is 1370. The van der Waals surface area contributed by atoms with Crippen LogP contribution in [-0.2, 0) is 16.4 Å². The van der Waals surface area contributed by atoms with Crippen molar-refractivity contribution < 1.29 is 19.1 Å². The van der Waals surface area contributed by atoms with Crippen LogP contribution < -0.4 is 16.0 Å². The molecule has 0 spiro atoms. The fourth-order valence-corrected chi connectivity index (χ4v) is 7.23. The molecule has 0 unspecified atom stereocenters. The Balaban J connectivity index is 1.76. The number of piperidine rings is 1. The van der Waals surface area contributed by atoms with Crippen molar-refractivity contribution in [3.05, 3.63) is 52.8 Å². The predicted octanol–water partition coefficient (Wildman–Crippen LogP) is 5.60. The normalized spacial score (nSPS) is 22.0. The average Bonchev–Trinajstić information content (AvgIpc) is 3.28. The van der Waals surface area contributed by atoms with Gasteiger partial charge in [0.15, 0.2) is 8.32 Å². The number of thiophene rings is 1. The number of nitrogens with one attached hydrogen (secondary N) is 3. The molecule has 0 bridgehead atoms. The molecule has 0 radical (unpaired) electrons. The van der Waals surface area contributed by atoms with E-state index < -0.39 is 26.1 Å². The minimum atomic E-state index is -2.31. The van der Waals surface area contributed by atoms with Gasteiger partial charge in [0.25, 0.3) is 5.91 Å². The topological polar surface area (TPSA) is 125 Å². The van der Waals surface area contributed by atoms with Gasteiger partial charge < -0.3 is 25.5 Å². The fraction of sp³-hybridized carbons (Fsp3) is 0.500. The van der Waals surface area contributed by atoms with E-state index in [1.54, 1.807) is 35.9 Å². The largest absolute Gasteiger partial charge is 0.465 e. The number of fused-ring (bicyclic) bond motifs is 1. The number of carbonyl (C=O) groups is 2. The highest BCUT2D eigenvalue weighted by atomic mass is 32.1. The molecular weight excluding hydrogens is 530 g/mol. The number of pyridine rings is 2. The molecule has 3 atom stereocenters. The van der Waals surface area contributed by atoms with Gasteiger partial charge in [-0.05, 0) is 54.7 Å². The van der Waals surface area contributed by atoms with E-state index in [1.807, 2.05) is 12.1 Å². The van der Waals surface area contributed by atoms with Crippen LogP contribution in [0.1, 0.15) is 55.5 Å². The first-order valence-electron chi connectivity index (χ1n) is 13.3. The van der Waals surface area contributed by atoms with E-state index in [4.69, 9.17) is 4.43 Å². The number of carbonyl (C=O) groups excluding carboxylic acids is 1. The third-order valence-corrected chi connectivity index (χ3v) is 13.7. The fourth-order valence-electron chi connectivity index (χ4n) is 4.87. The lowest BCUT2D eigenvalue weighted by atomic mass is 9.76. The Labute approximate surface area is 234 Å². The first-order valence-corrected chi connectivity index (χ1v) is 17.0. The highest BCUT2D eigenvalue weighted by molar-refractivity contribution is 7.19. The quantitative estimate of drug-likeness (QED) is 0.273. The summed E-state index contributed by atoms with van der Waals surface area (Å²) in [5.41, 5.74) is 0.916. The molecule has 1 saturated heterocycles. The summed E-state index contributed by atoms with van der Waals surface area (Å²) >= 11 is 1.67. The summed E-state index contributed by atoms with van der Waals surface area (Å²) < 4.78 is 7.99. The molecule has 3 aromatic rings. The molecule has 4 rings (SSSR count). The summed E-state index contributed by atoms with van der Waals surface area (Å²) in [6, 6.07) is 7.39. The summed E-state index contributed by atoms with van der Waals surface area (Å²) in [7, 11) is -2.31. The number of anilines is 1. The molecule has 39 heavy (non-hydrogen) atoms. The van der Waals surface area contributed by atoms with Gasteiger partial charge in [-0.15, -0.1) is 11.3 Å². The highest BCUT2D eigenvalue weighted by Gasteiger charge is 2.52. The van der Waals surface area contributed by atoms with Crippen LogP contribution in [0.3, 0.4) is 0 Å². The molecule has 9 nitrogen and oxygen atoms in total. The Morgan fingerprint density at radius 3 is 2.69 bits per heavy atom. The van der Waals surface area contributed by atoms with E-state index >= 15 is 0 Å². The number of nitrogens with zero attached hydrogens (tertiary/aromatic N) is 2. The molecule has 1 fully saturated rings. The van der Waals surface area contributed by atoms with Gasteiger partial charge in [0.05, 0.1) is 28.2 Å². The average molecular weight is 570 g/mol. The minimum absolute atomic E-state index is 0.00753. The van der Waals surface area contributed by atoms with Crippen molar-refractivity contribution >= 4 is 47.6 Å². The highest BCUT2D eigenvalue weighted by Crippen LogP contribution is 2.44. The number of hydrogen-bond donors (Lipinski definition) is 4. The van der Waals surface area contributed by atoms with Crippen LogP contribution in [0, 0.1) is 5.92 Å². The first-order chi connectivity index (χ1) is 18.3. The van der Waals surface area contributed by atoms with E-state index in [-0.39, 0.29) is 22.6 Å². The van der Waals surface area contributed by atoms with Crippen LogP contribution in [0.15, 0.2) is 36.7 Å². The zero-order valence-corrected chi connectivity index (χ0v) is 25.5. The van der Waals surface area contributed by atoms with Crippen molar-refractivity contribution in [2.24, 2.45) is 5.92 Å². The maximum atomic E-state index is 13.4. The first kappa shape index (κ1) is 29.1. The van der Waals surface area contributed by atoms with Gasteiger partial charge in [-0.25, -0.2) is 9.78 Å². The van der Waals surface area contributed by atoms with Crippen LogP contribution in [0.2, 0.25) is 18.1 Å². The van der Waals surface area contributed by atoms with E-state index in [9.17, 15) is 14.7 Å². The molecule has 4 heterocycles. The van der Waals surface area contributed by atoms with Crippen molar-refractivity contribution in [1.29, 1.82) is 0 Å². The summed E-state index contributed by atoms with van der Waals surface area (Å²) in [5, 5.41) is 19.1. The molecule has 4 N–H and O–H groups in total. The second-order valence-electron chi connectivity index (χ2n) is 11.8. The zero-order valence-electron chi connectivity index (χ0n) is 23.7. The molecule has 0 aromatic carbocycles. The van der Waals surface area contributed by atoms with Crippen LogP contribution >= 0.6 is 11.3 Å². The van der Waals surface area contributed by atoms with Gasteiger partial charge in [0, 0.05) is 29.7 Å². The summed E-state index contributed by atoms with van der Waals surface area (Å²) in [6.45, 7) is 16.0. The minimum Gasteiger partial charge on any atom is -0.465 e. The van der Waals surface area contributed by atoms with E-state index in [1.165, 1.54) is 4.88 Å². The standard InChI is InChI=1S/C28H39N5O4SSi/c1-8-18-13-21-23(38-18)10-9-20(31-21)25(34)32-22-15-29-12-11-19(22)28(33-26(35)36)16-30-14-17(2)24(28)37-39(6,7)27(3,4)5/h9-13,15,17,24,30,33H,8,14,16H2,1-7H3,(H,32,34)(H,35,36)/t17-,24+,28-/m0/s1. The summed E-state index contributed by atoms with van der Waals surface area (Å²) in [5.74, 6) is -0.397. The number of amides is 2. The van der Waals surface area contributed by atoms with Crippen molar-refractivity contribution in [1.82, 2.24) is 20.6 Å². The predicted molar refractivity (Wildman–Crippen MR) is 158 cm³/mol. The molecule has 11 heteroatoms. The lowest BCUT2D eigenvalue weighted by Gasteiger charge is -2.52. The van der Waals surface area contributed by atoms with Crippen LogP contribution in [0.5, 0.6) is 0 Å². The SMILES string of the molecule is CCc1cc2nc(C(=O)Nc3cnccc3[C@@]3(NC(=O)O)CNC[C@H](C)[C@H]3O[Si](C)(C)C(C)(C)C)ccc2s1. The molecule has 0 saturated carbocycles. The van der Waals surface area contributed by atoms with Crippen molar-refractivity contribution in [2.75, 3.05) is 18.4 Å². The van der Waals surface area contributed by atoms with Crippen LogP contribution in [-0.4, -0.2) is 54.6 Å². The Hall–Kier alpha value is -2.86. The van der Waals surface area contributed by atoms with Crippen LogP contribution in [0.4, 0.5) is 10.5 Å². The maximum absolute atomic E-state index is 13.4. The number of hydrogen-bond acceptors (Lipinski definition) is 7. The third-order valence-electron chi connectivity index (χ3n) is 7.99. The number of rotatable bonds is 7. The van der Waals surface area contributed by atoms with Crippen LogP contribution in [0.25, 0.3) is 10.2 Å². The van der Waals surface area contributed by atoms with E-state index in [2.05, 4.69) is 73.6 Å². The van der Waals surface area contributed by atoms with Crippen molar-refractivity contribution in [3.8, 4) is 0 Å². The lowest BCUT2D eigenvalue weighted by Crippen LogP contribution is -2.68. The van der Waals surface area contributed by atoms with Gasteiger partial charge >= 0.3 is 6.09 Å². The van der Waals surface area contributed by atoms with E-state index in [0.717, 1.165) is 16.6 Å². The second kappa shape index (κ2) is 11.0.